The summed E-state index contributed by atoms with van der Waals surface area (Å²) >= 11 is 0. The van der Waals surface area contributed by atoms with Crippen molar-refractivity contribution in [3.63, 3.8) is 0 Å². The van der Waals surface area contributed by atoms with E-state index in [0.29, 0.717) is 31.8 Å². The number of amides is 1. The topological polar surface area (TPSA) is 70.1 Å². The van der Waals surface area contributed by atoms with Crippen molar-refractivity contribution < 1.29 is 4.79 Å². The molecular formula is C15H19N3O. The molecule has 0 aromatic heterocycles. The molecule has 1 aliphatic carbocycles. The summed E-state index contributed by atoms with van der Waals surface area (Å²) in [5.74, 6) is 0.153. The monoisotopic (exact) mass is 257 g/mol. The second-order valence-electron chi connectivity index (χ2n) is 4.97. The molecular weight excluding hydrogens is 238 g/mol. The molecule has 2 rings (SSSR count). The average molecular weight is 257 g/mol. The zero-order valence-corrected chi connectivity index (χ0v) is 11.0. The highest BCUT2D eigenvalue weighted by Crippen LogP contribution is 2.27. The first-order valence-corrected chi connectivity index (χ1v) is 6.71. The van der Waals surface area contributed by atoms with Gasteiger partial charge in [-0.05, 0) is 37.0 Å². The van der Waals surface area contributed by atoms with E-state index in [1.807, 2.05) is 29.2 Å². The van der Waals surface area contributed by atoms with Crippen molar-refractivity contribution in [1.82, 2.24) is 4.90 Å². The van der Waals surface area contributed by atoms with Gasteiger partial charge in [-0.15, -0.1) is 0 Å². The molecule has 1 fully saturated rings. The summed E-state index contributed by atoms with van der Waals surface area (Å²) in [6.45, 7) is 0.566. The number of rotatable bonds is 6. The van der Waals surface area contributed by atoms with Gasteiger partial charge in [-0.3, -0.25) is 4.79 Å². The number of nitrogen functional groups attached to an aromatic ring is 1. The Balaban J connectivity index is 1.87. The maximum absolute atomic E-state index is 12.2. The fourth-order valence-electron chi connectivity index (χ4n) is 2.21. The van der Waals surface area contributed by atoms with Crippen LogP contribution in [0.15, 0.2) is 24.3 Å². The molecule has 100 valence electrons. The van der Waals surface area contributed by atoms with Gasteiger partial charge in [-0.1, -0.05) is 12.1 Å². The van der Waals surface area contributed by atoms with Crippen molar-refractivity contribution in [3.8, 4) is 6.07 Å². The number of anilines is 1. The van der Waals surface area contributed by atoms with Gasteiger partial charge in [0.1, 0.15) is 0 Å². The van der Waals surface area contributed by atoms with Crippen LogP contribution in [0.3, 0.4) is 0 Å². The van der Waals surface area contributed by atoms with Crippen LogP contribution >= 0.6 is 0 Å². The Morgan fingerprint density at radius 2 is 2.26 bits per heavy atom. The number of nitriles is 1. The zero-order valence-electron chi connectivity index (χ0n) is 11.0. The standard InChI is InChI=1S/C15H19N3O/c16-9-2-10-18(14-6-7-14)15(19)8-5-12-3-1-4-13(17)11-12/h1,3-4,11,14H,2,5-8,10,17H2. The Kier molecular flexibility index (Phi) is 4.40. The maximum atomic E-state index is 12.2. The average Bonchev–Trinajstić information content (AvgIpc) is 3.21. The van der Waals surface area contributed by atoms with Gasteiger partial charge in [0.05, 0.1) is 12.5 Å². The van der Waals surface area contributed by atoms with Crippen LogP contribution in [0, 0.1) is 11.3 Å². The minimum atomic E-state index is 0.153. The van der Waals surface area contributed by atoms with Crippen molar-refractivity contribution in [2.45, 2.75) is 38.1 Å². The summed E-state index contributed by atoms with van der Waals surface area (Å²) in [7, 11) is 0. The van der Waals surface area contributed by atoms with Gasteiger partial charge in [0, 0.05) is 24.7 Å². The van der Waals surface area contributed by atoms with Crippen molar-refractivity contribution >= 4 is 11.6 Å². The largest absolute Gasteiger partial charge is 0.399 e. The number of aryl methyl sites for hydroxylation is 1. The number of nitrogens with zero attached hydrogens (tertiary/aromatic N) is 2. The van der Waals surface area contributed by atoms with Crippen LogP contribution in [-0.4, -0.2) is 23.4 Å². The van der Waals surface area contributed by atoms with Gasteiger partial charge in [0.15, 0.2) is 0 Å². The molecule has 0 unspecified atom stereocenters. The summed E-state index contributed by atoms with van der Waals surface area (Å²) < 4.78 is 0. The maximum Gasteiger partial charge on any atom is 0.223 e. The smallest absolute Gasteiger partial charge is 0.223 e. The molecule has 1 aromatic carbocycles. The molecule has 1 aliphatic rings. The molecule has 2 N–H and O–H groups in total. The number of carbonyl (C=O) groups is 1. The lowest BCUT2D eigenvalue weighted by Crippen LogP contribution is -2.34. The first-order valence-electron chi connectivity index (χ1n) is 6.71. The predicted molar refractivity (Wildman–Crippen MR) is 74.1 cm³/mol. The van der Waals surface area contributed by atoms with Gasteiger partial charge >= 0.3 is 0 Å². The van der Waals surface area contributed by atoms with E-state index in [-0.39, 0.29) is 5.91 Å². The lowest BCUT2D eigenvalue weighted by Gasteiger charge is -2.21. The Hall–Kier alpha value is -2.02. The van der Waals surface area contributed by atoms with E-state index >= 15 is 0 Å². The third kappa shape index (κ3) is 3.99. The summed E-state index contributed by atoms with van der Waals surface area (Å²) in [6.07, 6.45) is 3.77. The van der Waals surface area contributed by atoms with Crippen molar-refractivity contribution in [2.24, 2.45) is 0 Å². The second-order valence-corrected chi connectivity index (χ2v) is 4.97. The number of benzene rings is 1. The predicted octanol–water partition coefficient (Wildman–Crippen LogP) is 2.11. The van der Waals surface area contributed by atoms with Gasteiger partial charge in [-0.2, -0.15) is 5.26 Å². The highest BCUT2D eigenvalue weighted by atomic mass is 16.2. The summed E-state index contributed by atoms with van der Waals surface area (Å²) in [6, 6.07) is 10.1. The summed E-state index contributed by atoms with van der Waals surface area (Å²) in [4.78, 5) is 14.0. The van der Waals surface area contributed by atoms with Crippen molar-refractivity contribution in [2.75, 3.05) is 12.3 Å². The molecule has 1 saturated carbocycles. The SMILES string of the molecule is N#CCCN(C(=O)CCc1cccc(N)c1)C1CC1. The van der Waals surface area contributed by atoms with E-state index < -0.39 is 0 Å². The lowest BCUT2D eigenvalue weighted by molar-refractivity contribution is -0.131. The van der Waals surface area contributed by atoms with Crippen LogP contribution in [0.1, 0.15) is 31.2 Å². The first kappa shape index (κ1) is 13.4. The fourth-order valence-corrected chi connectivity index (χ4v) is 2.21. The molecule has 0 aliphatic heterocycles. The zero-order chi connectivity index (χ0) is 13.7. The highest BCUT2D eigenvalue weighted by Gasteiger charge is 2.31. The minimum Gasteiger partial charge on any atom is -0.399 e. The lowest BCUT2D eigenvalue weighted by atomic mass is 10.1. The van der Waals surface area contributed by atoms with Gasteiger partial charge in [0.2, 0.25) is 5.91 Å². The van der Waals surface area contributed by atoms with Crippen LogP contribution in [0.25, 0.3) is 0 Å². The molecule has 0 atom stereocenters. The molecule has 0 bridgehead atoms. The van der Waals surface area contributed by atoms with Crippen LogP contribution < -0.4 is 5.73 Å². The van der Waals surface area contributed by atoms with Crippen molar-refractivity contribution in [3.05, 3.63) is 29.8 Å². The Labute approximate surface area is 113 Å². The number of hydrogen-bond acceptors (Lipinski definition) is 3. The molecule has 4 heteroatoms. The van der Waals surface area contributed by atoms with Gasteiger partial charge in [-0.25, -0.2) is 0 Å². The van der Waals surface area contributed by atoms with Crippen molar-refractivity contribution in [1.29, 1.82) is 5.26 Å². The molecule has 19 heavy (non-hydrogen) atoms. The van der Waals surface area contributed by atoms with Crippen LogP contribution in [0.5, 0.6) is 0 Å². The highest BCUT2D eigenvalue weighted by molar-refractivity contribution is 5.77. The van der Waals surface area contributed by atoms with E-state index in [1.54, 1.807) is 0 Å². The number of nitrogens with two attached hydrogens (primary N) is 1. The number of carbonyl (C=O) groups excluding carboxylic acids is 1. The normalized spacial score (nSPS) is 13.8. The van der Waals surface area contributed by atoms with Gasteiger partial charge in [0.25, 0.3) is 0 Å². The third-order valence-corrected chi connectivity index (χ3v) is 3.35. The Morgan fingerprint density at radius 3 is 2.89 bits per heavy atom. The van der Waals surface area contributed by atoms with Crippen LogP contribution in [-0.2, 0) is 11.2 Å². The molecule has 0 spiro atoms. The van der Waals surface area contributed by atoms with E-state index in [2.05, 4.69) is 6.07 Å². The van der Waals surface area contributed by atoms with E-state index in [1.165, 1.54) is 0 Å². The summed E-state index contributed by atoms with van der Waals surface area (Å²) in [5.41, 5.74) is 7.53. The van der Waals surface area contributed by atoms with Crippen LogP contribution in [0.4, 0.5) is 5.69 Å². The Bertz CT molecular complexity index is 488. The first-order chi connectivity index (χ1) is 9.20. The van der Waals surface area contributed by atoms with Crippen LogP contribution in [0.2, 0.25) is 0 Å². The van der Waals surface area contributed by atoms with E-state index in [9.17, 15) is 4.79 Å². The third-order valence-electron chi connectivity index (χ3n) is 3.35. The number of hydrogen-bond donors (Lipinski definition) is 1. The molecule has 0 radical (unpaired) electrons. The quantitative estimate of drug-likeness (QED) is 0.793. The van der Waals surface area contributed by atoms with E-state index in [0.717, 1.165) is 24.1 Å². The second kappa shape index (κ2) is 6.24. The van der Waals surface area contributed by atoms with Gasteiger partial charge < -0.3 is 10.6 Å². The molecule has 1 aromatic rings. The van der Waals surface area contributed by atoms with E-state index in [4.69, 9.17) is 11.0 Å². The molecule has 0 saturated heterocycles. The molecule has 0 heterocycles. The molecule has 4 nitrogen and oxygen atoms in total. The fraction of sp³-hybridized carbons (Fsp3) is 0.467. The Morgan fingerprint density at radius 1 is 1.47 bits per heavy atom. The summed E-state index contributed by atoms with van der Waals surface area (Å²) in [5, 5.41) is 8.64. The minimum absolute atomic E-state index is 0.153. The molecule has 1 amide bonds.